The van der Waals surface area contributed by atoms with Gasteiger partial charge in [0.25, 0.3) is 0 Å². The molecule has 70 valence electrons. The van der Waals surface area contributed by atoms with Crippen LogP contribution >= 0.6 is 0 Å². The molecule has 0 aromatic carbocycles. The molecule has 0 atom stereocenters. The molecule has 5 heteroatoms. The molecule has 0 rings (SSSR count). The Morgan fingerprint density at radius 3 is 2.50 bits per heavy atom. The van der Waals surface area contributed by atoms with E-state index >= 15 is 0 Å². The lowest BCUT2D eigenvalue weighted by Gasteiger charge is -2.14. The van der Waals surface area contributed by atoms with Gasteiger partial charge in [-0.25, -0.2) is 0 Å². The molecule has 0 unspecified atom stereocenters. The first-order valence-corrected chi connectivity index (χ1v) is 3.73. The maximum absolute atomic E-state index is 10.8. The van der Waals surface area contributed by atoms with Gasteiger partial charge in [0.15, 0.2) is 0 Å². The monoisotopic (exact) mass is 174 g/mol. The fourth-order valence-corrected chi connectivity index (χ4v) is 0.748. The summed E-state index contributed by atoms with van der Waals surface area (Å²) in [5, 5.41) is 8.29. The molecule has 0 aliphatic rings. The van der Waals surface area contributed by atoms with Crippen LogP contribution in [0.3, 0.4) is 0 Å². The van der Waals surface area contributed by atoms with Gasteiger partial charge in [-0.05, 0) is 6.42 Å². The van der Waals surface area contributed by atoms with Crippen LogP contribution in [0.1, 0.15) is 12.8 Å². The van der Waals surface area contributed by atoms with Crippen LogP contribution in [0.5, 0.6) is 0 Å². The summed E-state index contributed by atoms with van der Waals surface area (Å²) in [6.45, 7) is 0.423. The van der Waals surface area contributed by atoms with Crippen LogP contribution in [0.2, 0.25) is 0 Å². The topological polar surface area (TPSA) is 83.6 Å². The third kappa shape index (κ3) is 4.68. The zero-order valence-electron chi connectivity index (χ0n) is 7.12. The number of carbonyl (C=O) groups excluding carboxylic acids is 1. The lowest BCUT2D eigenvalue weighted by atomic mass is 10.3. The van der Waals surface area contributed by atoms with Crippen molar-refractivity contribution in [3.8, 4) is 0 Å². The number of hydrogen-bond acceptors (Lipinski definition) is 3. The normalized spacial score (nSPS) is 9.50. The summed E-state index contributed by atoms with van der Waals surface area (Å²) in [5.74, 6) is -1.01. The molecule has 12 heavy (non-hydrogen) atoms. The van der Waals surface area contributed by atoms with E-state index in [1.165, 1.54) is 4.90 Å². The van der Waals surface area contributed by atoms with Crippen molar-refractivity contribution in [3.05, 3.63) is 0 Å². The molecule has 0 saturated heterocycles. The van der Waals surface area contributed by atoms with E-state index < -0.39 is 5.97 Å². The number of rotatable bonds is 5. The maximum atomic E-state index is 10.8. The molecular weight excluding hydrogens is 160 g/mol. The fourth-order valence-electron chi connectivity index (χ4n) is 0.748. The molecule has 3 N–H and O–H groups in total. The van der Waals surface area contributed by atoms with Gasteiger partial charge in [0.2, 0.25) is 5.91 Å². The predicted molar refractivity (Wildman–Crippen MR) is 43.6 cm³/mol. The summed E-state index contributed by atoms with van der Waals surface area (Å²) < 4.78 is 0. The van der Waals surface area contributed by atoms with Crippen LogP contribution in [-0.4, -0.2) is 42.0 Å². The van der Waals surface area contributed by atoms with Crippen LogP contribution in [0.25, 0.3) is 0 Å². The van der Waals surface area contributed by atoms with Crippen molar-refractivity contribution in [1.82, 2.24) is 4.90 Å². The predicted octanol–water partition coefficient (Wildman–Crippen LogP) is -0.732. The first-order chi connectivity index (χ1) is 5.57. The minimum Gasteiger partial charge on any atom is -0.481 e. The highest BCUT2D eigenvalue weighted by molar-refractivity contribution is 5.77. The van der Waals surface area contributed by atoms with E-state index in [2.05, 4.69) is 0 Å². The number of likely N-dealkylation sites (N-methyl/N-ethyl adjacent to an activating group) is 1. The zero-order chi connectivity index (χ0) is 9.56. The average Bonchev–Trinajstić information content (AvgIpc) is 2.02. The molecule has 0 bridgehead atoms. The smallest absolute Gasteiger partial charge is 0.303 e. The first kappa shape index (κ1) is 10.9. The number of hydrogen-bond donors (Lipinski definition) is 2. The van der Waals surface area contributed by atoms with Crippen molar-refractivity contribution >= 4 is 11.9 Å². The van der Waals surface area contributed by atoms with Crippen LogP contribution in [-0.2, 0) is 9.59 Å². The average molecular weight is 174 g/mol. The Balaban J connectivity index is 3.50. The molecule has 0 aromatic heterocycles. The molecule has 0 aliphatic heterocycles. The Hall–Kier alpha value is -1.10. The minimum absolute atomic E-state index is 0.0242. The Kier molecular flexibility index (Phi) is 5.03. The lowest BCUT2D eigenvalue weighted by Crippen LogP contribution is -2.33. The number of carboxylic acid groups (broad SMARTS) is 1. The largest absolute Gasteiger partial charge is 0.481 e. The Morgan fingerprint density at radius 2 is 2.08 bits per heavy atom. The number of aliphatic carboxylic acids is 1. The van der Waals surface area contributed by atoms with Crippen LogP contribution in [0, 0.1) is 0 Å². The van der Waals surface area contributed by atoms with E-state index in [0.29, 0.717) is 13.0 Å². The van der Waals surface area contributed by atoms with E-state index in [-0.39, 0.29) is 18.9 Å². The molecule has 0 aromatic rings. The maximum Gasteiger partial charge on any atom is 0.303 e. The Morgan fingerprint density at radius 1 is 1.50 bits per heavy atom. The summed E-state index contributed by atoms with van der Waals surface area (Å²) in [6.07, 6.45) is 0.555. The van der Waals surface area contributed by atoms with Crippen molar-refractivity contribution in [3.63, 3.8) is 0 Å². The van der Waals surface area contributed by atoms with Crippen molar-refractivity contribution in [2.24, 2.45) is 5.73 Å². The standard InChI is InChI=1S/C7H14N2O3/c1-9(6(10)5-8)4-2-3-7(11)12/h2-5,8H2,1H3,(H,11,12). The summed E-state index contributed by atoms with van der Waals surface area (Å²) in [4.78, 5) is 22.4. The van der Waals surface area contributed by atoms with Gasteiger partial charge in [-0.15, -0.1) is 0 Å². The summed E-state index contributed by atoms with van der Waals surface area (Å²) in [6, 6.07) is 0. The second-order valence-corrected chi connectivity index (χ2v) is 2.52. The van der Waals surface area contributed by atoms with Gasteiger partial charge >= 0.3 is 5.97 Å². The van der Waals surface area contributed by atoms with Crippen molar-refractivity contribution in [2.75, 3.05) is 20.1 Å². The van der Waals surface area contributed by atoms with E-state index in [0.717, 1.165) is 0 Å². The second-order valence-electron chi connectivity index (χ2n) is 2.52. The van der Waals surface area contributed by atoms with Gasteiger partial charge in [-0.2, -0.15) is 0 Å². The van der Waals surface area contributed by atoms with Crippen LogP contribution in [0.15, 0.2) is 0 Å². The van der Waals surface area contributed by atoms with Crippen molar-refractivity contribution in [2.45, 2.75) is 12.8 Å². The van der Waals surface area contributed by atoms with Gasteiger partial charge in [-0.1, -0.05) is 0 Å². The number of carbonyl (C=O) groups is 2. The molecule has 0 spiro atoms. The molecule has 0 saturated carbocycles. The summed E-state index contributed by atoms with van der Waals surface area (Å²) >= 11 is 0. The Bertz CT molecular complexity index is 170. The third-order valence-electron chi connectivity index (χ3n) is 1.48. The molecule has 0 heterocycles. The van der Waals surface area contributed by atoms with Gasteiger partial charge in [0.05, 0.1) is 6.54 Å². The molecule has 0 radical (unpaired) electrons. The van der Waals surface area contributed by atoms with Gasteiger partial charge in [-0.3, -0.25) is 9.59 Å². The highest BCUT2D eigenvalue weighted by atomic mass is 16.4. The minimum atomic E-state index is -0.844. The van der Waals surface area contributed by atoms with Gasteiger partial charge in [0.1, 0.15) is 0 Å². The molecule has 0 fully saturated rings. The highest BCUT2D eigenvalue weighted by Crippen LogP contribution is 1.92. The summed E-state index contributed by atoms with van der Waals surface area (Å²) in [5.41, 5.74) is 5.10. The SMILES string of the molecule is CN(CCCC(=O)O)C(=O)CN. The number of amides is 1. The first-order valence-electron chi connectivity index (χ1n) is 3.73. The van der Waals surface area contributed by atoms with E-state index in [4.69, 9.17) is 10.8 Å². The van der Waals surface area contributed by atoms with Crippen LogP contribution < -0.4 is 5.73 Å². The summed E-state index contributed by atoms with van der Waals surface area (Å²) in [7, 11) is 1.61. The van der Waals surface area contributed by atoms with E-state index in [9.17, 15) is 9.59 Å². The zero-order valence-corrected chi connectivity index (χ0v) is 7.12. The van der Waals surface area contributed by atoms with Gasteiger partial charge in [0, 0.05) is 20.0 Å². The lowest BCUT2D eigenvalue weighted by molar-refractivity contribution is -0.137. The molecule has 5 nitrogen and oxygen atoms in total. The van der Waals surface area contributed by atoms with Crippen molar-refractivity contribution < 1.29 is 14.7 Å². The quantitative estimate of drug-likeness (QED) is 0.575. The molecular formula is C7H14N2O3. The van der Waals surface area contributed by atoms with Gasteiger partial charge < -0.3 is 15.7 Å². The van der Waals surface area contributed by atoms with Crippen LogP contribution in [0.4, 0.5) is 0 Å². The van der Waals surface area contributed by atoms with Crippen molar-refractivity contribution in [1.29, 1.82) is 0 Å². The third-order valence-corrected chi connectivity index (χ3v) is 1.48. The molecule has 1 amide bonds. The molecule has 0 aliphatic carbocycles. The van der Waals surface area contributed by atoms with E-state index in [1.807, 2.05) is 0 Å². The highest BCUT2D eigenvalue weighted by Gasteiger charge is 2.05. The Labute approximate surface area is 71.1 Å². The number of carboxylic acids is 1. The number of nitrogens with two attached hydrogens (primary N) is 1. The fraction of sp³-hybridized carbons (Fsp3) is 0.714. The number of nitrogens with zero attached hydrogens (tertiary/aromatic N) is 1. The van der Waals surface area contributed by atoms with E-state index in [1.54, 1.807) is 7.05 Å². The second kappa shape index (κ2) is 5.54.